The molecule has 2 aliphatic heterocycles. The normalized spacial score (nSPS) is 23.7. The molecule has 8 heteroatoms. The van der Waals surface area contributed by atoms with E-state index in [1.165, 1.54) is 0 Å². The number of aliphatic imine (C=N–C) groups is 1. The minimum atomic E-state index is -0.559. The third-order valence-electron chi connectivity index (χ3n) is 4.93. The number of nitrogens with zero attached hydrogens (tertiary/aromatic N) is 3. The molecule has 3 aliphatic rings. The van der Waals surface area contributed by atoms with Gasteiger partial charge in [0.25, 0.3) is 5.91 Å². The summed E-state index contributed by atoms with van der Waals surface area (Å²) in [6.45, 7) is 0.756. The van der Waals surface area contributed by atoms with E-state index in [0.717, 1.165) is 10.6 Å². The molecular weight excluding hydrogens is 376 g/mol. The van der Waals surface area contributed by atoms with Gasteiger partial charge in [0.15, 0.2) is 0 Å². The molecule has 0 radical (unpaired) electrons. The van der Waals surface area contributed by atoms with Crippen molar-refractivity contribution in [2.24, 2.45) is 16.8 Å². The van der Waals surface area contributed by atoms with Gasteiger partial charge in [-0.15, -0.1) is 0 Å². The Morgan fingerprint density at radius 1 is 1.21 bits per heavy atom. The van der Waals surface area contributed by atoms with Crippen LogP contribution in [0.5, 0.6) is 0 Å². The molecule has 3 amide bonds. The third kappa shape index (κ3) is 3.50. The highest BCUT2D eigenvalue weighted by Gasteiger charge is 2.39. The molecule has 1 aromatic rings. The van der Waals surface area contributed by atoms with Crippen molar-refractivity contribution in [2.45, 2.75) is 13.0 Å². The van der Waals surface area contributed by atoms with Crippen LogP contribution in [0.25, 0.3) is 0 Å². The summed E-state index contributed by atoms with van der Waals surface area (Å²) in [5.41, 5.74) is 4.12. The molecule has 0 aromatic heterocycles. The van der Waals surface area contributed by atoms with E-state index in [1.807, 2.05) is 30.3 Å². The van der Waals surface area contributed by atoms with Crippen LogP contribution >= 0.6 is 12.2 Å². The quantitative estimate of drug-likeness (QED) is 0.783. The number of fused-ring (bicyclic) bond motifs is 1. The van der Waals surface area contributed by atoms with E-state index in [9.17, 15) is 14.4 Å². The number of carbonyl (C=O) groups excluding carboxylic acids is 3. The summed E-state index contributed by atoms with van der Waals surface area (Å²) in [5, 5.41) is 1.01. The lowest BCUT2D eigenvalue weighted by Gasteiger charge is -2.30. The van der Waals surface area contributed by atoms with E-state index in [2.05, 4.69) is 10.4 Å². The fourth-order valence-electron chi connectivity index (χ4n) is 3.45. The maximum atomic E-state index is 12.7. The van der Waals surface area contributed by atoms with Crippen molar-refractivity contribution in [1.82, 2.24) is 15.3 Å². The lowest BCUT2D eigenvalue weighted by Crippen LogP contribution is -2.56. The highest BCUT2D eigenvalue weighted by Crippen LogP contribution is 2.22. The van der Waals surface area contributed by atoms with E-state index in [1.54, 1.807) is 29.2 Å². The summed E-state index contributed by atoms with van der Waals surface area (Å²) in [6, 6.07) is 9.61. The van der Waals surface area contributed by atoms with E-state index in [4.69, 9.17) is 12.2 Å². The largest absolute Gasteiger partial charge is 0.338 e. The first-order valence-electron chi connectivity index (χ1n) is 8.96. The number of allylic oxidation sites excluding steroid dienone is 3. The van der Waals surface area contributed by atoms with Gasteiger partial charge in [0.05, 0.1) is 11.6 Å². The molecule has 4 rings (SSSR count). The first kappa shape index (κ1) is 18.2. The van der Waals surface area contributed by atoms with Gasteiger partial charge in [0, 0.05) is 19.5 Å². The molecule has 2 atom stereocenters. The molecule has 2 heterocycles. The van der Waals surface area contributed by atoms with Gasteiger partial charge in [-0.1, -0.05) is 48.6 Å². The van der Waals surface area contributed by atoms with Gasteiger partial charge >= 0.3 is 0 Å². The highest BCUT2D eigenvalue weighted by molar-refractivity contribution is 7.80. The summed E-state index contributed by atoms with van der Waals surface area (Å²) < 4.78 is 0. The molecule has 142 valence electrons. The number of carbonyl (C=O) groups is 3. The fourth-order valence-corrected chi connectivity index (χ4v) is 3.69. The van der Waals surface area contributed by atoms with Crippen LogP contribution in [0.15, 0.2) is 59.6 Å². The molecule has 1 N–H and O–H groups in total. The van der Waals surface area contributed by atoms with E-state index < -0.39 is 17.7 Å². The monoisotopic (exact) mass is 394 g/mol. The van der Waals surface area contributed by atoms with E-state index >= 15 is 0 Å². The molecule has 28 heavy (non-hydrogen) atoms. The first-order chi connectivity index (χ1) is 13.5. The van der Waals surface area contributed by atoms with Gasteiger partial charge in [-0.25, -0.2) is 4.99 Å². The number of nitrogens with one attached hydrogen (secondary N) is 1. The number of thiocarbonyl (C=S) groups is 1. The standard InChI is InChI=1S/C20H18N4O3S/c25-17-10-14(12-23(17)11-13-6-2-1-3-7-13)18(26)22-24-19(27)15-8-4-5-9-16(15)21-20(24)28/h1-9,14-15H,10-12H2,(H,22,26). The highest BCUT2D eigenvalue weighted by atomic mass is 32.1. The van der Waals surface area contributed by atoms with Crippen molar-refractivity contribution < 1.29 is 14.4 Å². The molecule has 1 aromatic carbocycles. The number of amides is 3. The van der Waals surface area contributed by atoms with Gasteiger partial charge in [0.1, 0.15) is 5.92 Å². The number of hydrogen-bond donors (Lipinski definition) is 1. The second-order valence-electron chi connectivity index (χ2n) is 6.85. The Kier molecular flexibility index (Phi) is 4.87. The van der Waals surface area contributed by atoms with Crippen molar-refractivity contribution in [3.05, 3.63) is 60.2 Å². The number of hydrazine groups is 1. The van der Waals surface area contributed by atoms with Crippen LogP contribution < -0.4 is 5.43 Å². The second-order valence-corrected chi connectivity index (χ2v) is 7.22. The SMILES string of the molecule is O=C(NN1C(=O)C2C=CC=CC2=NC1=S)C1CC(=O)N(Cc2ccccc2)C1. The zero-order valence-corrected chi connectivity index (χ0v) is 15.8. The zero-order chi connectivity index (χ0) is 19.7. The number of rotatable bonds is 4. The van der Waals surface area contributed by atoms with Crippen LogP contribution in [-0.4, -0.2) is 45.0 Å². The Labute approximate surface area is 167 Å². The molecule has 0 spiro atoms. The predicted molar refractivity (Wildman–Crippen MR) is 107 cm³/mol. The number of hydrogen-bond acceptors (Lipinski definition) is 4. The fraction of sp³-hybridized carbons (Fsp3) is 0.250. The Morgan fingerprint density at radius 3 is 2.79 bits per heavy atom. The van der Waals surface area contributed by atoms with Crippen molar-refractivity contribution in [1.29, 1.82) is 0 Å². The Hall–Kier alpha value is -3.13. The average molecular weight is 394 g/mol. The smallest absolute Gasteiger partial charge is 0.260 e. The average Bonchev–Trinajstić information content (AvgIpc) is 3.06. The maximum Gasteiger partial charge on any atom is 0.260 e. The predicted octanol–water partition coefficient (Wildman–Crippen LogP) is 1.38. The Bertz CT molecular complexity index is 938. The molecule has 2 unspecified atom stereocenters. The van der Waals surface area contributed by atoms with Crippen LogP contribution in [0.4, 0.5) is 0 Å². The lowest BCUT2D eigenvalue weighted by molar-refractivity contribution is -0.139. The maximum absolute atomic E-state index is 12.7. The second kappa shape index (κ2) is 7.47. The van der Waals surface area contributed by atoms with E-state index in [0.29, 0.717) is 18.8 Å². The Morgan fingerprint density at radius 2 is 2.00 bits per heavy atom. The molecule has 1 fully saturated rings. The van der Waals surface area contributed by atoms with Crippen LogP contribution in [0, 0.1) is 11.8 Å². The topological polar surface area (TPSA) is 82.1 Å². The van der Waals surface area contributed by atoms with Gasteiger partial charge in [0.2, 0.25) is 16.9 Å². The summed E-state index contributed by atoms with van der Waals surface area (Å²) in [7, 11) is 0. The Balaban J connectivity index is 1.41. The molecule has 1 aliphatic carbocycles. The molecule has 7 nitrogen and oxygen atoms in total. The summed E-state index contributed by atoms with van der Waals surface area (Å²) in [5.74, 6) is -1.95. The number of benzene rings is 1. The van der Waals surface area contributed by atoms with E-state index in [-0.39, 0.29) is 23.3 Å². The molecule has 0 bridgehead atoms. The minimum absolute atomic E-state index is 0.00462. The molecule has 1 saturated heterocycles. The van der Waals surface area contributed by atoms with Crippen LogP contribution in [-0.2, 0) is 20.9 Å². The summed E-state index contributed by atoms with van der Waals surface area (Å²) in [4.78, 5) is 43.5. The third-order valence-corrected chi connectivity index (χ3v) is 5.20. The van der Waals surface area contributed by atoms with Crippen molar-refractivity contribution >= 4 is 40.8 Å². The van der Waals surface area contributed by atoms with Gasteiger partial charge in [-0.2, -0.15) is 5.01 Å². The van der Waals surface area contributed by atoms with Crippen LogP contribution in [0.2, 0.25) is 0 Å². The molecule has 0 saturated carbocycles. The van der Waals surface area contributed by atoms with Gasteiger partial charge in [-0.05, 0) is 23.9 Å². The lowest BCUT2D eigenvalue weighted by atomic mass is 9.96. The first-order valence-corrected chi connectivity index (χ1v) is 9.37. The van der Waals surface area contributed by atoms with Crippen LogP contribution in [0.3, 0.4) is 0 Å². The summed E-state index contributed by atoms with van der Waals surface area (Å²) >= 11 is 5.17. The van der Waals surface area contributed by atoms with Crippen LogP contribution in [0.1, 0.15) is 12.0 Å². The van der Waals surface area contributed by atoms with Crippen molar-refractivity contribution in [2.75, 3.05) is 6.54 Å². The van der Waals surface area contributed by atoms with Gasteiger partial charge < -0.3 is 4.90 Å². The summed E-state index contributed by atoms with van der Waals surface area (Å²) in [6.07, 6.45) is 7.08. The van der Waals surface area contributed by atoms with Gasteiger partial charge in [-0.3, -0.25) is 19.8 Å². The van der Waals surface area contributed by atoms with Crippen molar-refractivity contribution in [3.63, 3.8) is 0 Å². The zero-order valence-electron chi connectivity index (χ0n) is 14.9. The minimum Gasteiger partial charge on any atom is -0.338 e. The molecular formula is C20H18N4O3S. The number of likely N-dealkylation sites (tertiary alicyclic amines) is 1. The van der Waals surface area contributed by atoms with Crippen molar-refractivity contribution in [3.8, 4) is 0 Å².